The molecule has 0 saturated heterocycles. The SMILES string of the molecule is CC[C](CC)CCCCCC[C](CC)CC. The maximum Gasteiger partial charge on any atom is -0.0246 e. The molecule has 0 aromatic heterocycles. The molecule has 0 aromatic carbocycles. The van der Waals surface area contributed by atoms with E-state index in [1.54, 1.807) is 11.8 Å². The van der Waals surface area contributed by atoms with Crippen molar-refractivity contribution in [2.45, 2.75) is 91.9 Å². The predicted molar refractivity (Wildman–Crippen MR) is 75.4 cm³/mol. The first kappa shape index (κ1) is 16.0. The van der Waals surface area contributed by atoms with Gasteiger partial charge in [0.15, 0.2) is 0 Å². The highest BCUT2D eigenvalue weighted by atomic mass is 14.1. The highest BCUT2D eigenvalue weighted by Gasteiger charge is 2.05. The van der Waals surface area contributed by atoms with Crippen LogP contribution in [0.4, 0.5) is 0 Å². The van der Waals surface area contributed by atoms with Crippen molar-refractivity contribution in [2.24, 2.45) is 0 Å². The largest absolute Gasteiger partial charge is 0.0648 e. The van der Waals surface area contributed by atoms with Crippen LogP contribution in [0.2, 0.25) is 0 Å². The first-order valence-electron chi connectivity index (χ1n) is 7.45. The van der Waals surface area contributed by atoms with E-state index in [9.17, 15) is 0 Å². The molecule has 0 heterocycles. The quantitative estimate of drug-likeness (QED) is 0.371. The molecule has 0 aliphatic carbocycles. The van der Waals surface area contributed by atoms with Crippen LogP contribution in [-0.4, -0.2) is 0 Å². The van der Waals surface area contributed by atoms with Crippen molar-refractivity contribution in [1.29, 1.82) is 0 Å². The Morgan fingerprint density at radius 2 is 0.812 bits per heavy atom. The number of hydrogen-bond donors (Lipinski definition) is 0. The summed E-state index contributed by atoms with van der Waals surface area (Å²) in [7, 11) is 0. The number of unbranched alkanes of at least 4 members (excludes halogenated alkanes) is 3. The molecular weight excluding hydrogens is 192 g/mol. The van der Waals surface area contributed by atoms with Crippen molar-refractivity contribution in [1.82, 2.24) is 0 Å². The monoisotopic (exact) mass is 224 g/mol. The van der Waals surface area contributed by atoms with Crippen molar-refractivity contribution in [3.8, 4) is 0 Å². The molecule has 0 rings (SSSR count). The molecule has 16 heavy (non-hydrogen) atoms. The van der Waals surface area contributed by atoms with Crippen LogP contribution in [0.15, 0.2) is 0 Å². The fourth-order valence-electron chi connectivity index (χ4n) is 2.31. The van der Waals surface area contributed by atoms with E-state index in [0.717, 1.165) is 0 Å². The Hall–Kier alpha value is 0. The van der Waals surface area contributed by atoms with Gasteiger partial charge in [-0.3, -0.25) is 0 Å². The van der Waals surface area contributed by atoms with Gasteiger partial charge in [-0.1, -0.05) is 53.4 Å². The zero-order valence-electron chi connectivity index (χ0n) is 12.1. The molecule has 0 spiro atoms. The minimum atomic E-state index is 1.29. The second-order valence-electron chi connectivity index (χ2n) is 4.83. The molecule has 0 aromatic rings. The van der Waals surface area contributed by atoms with E-state index in [1.807, 2.05) is 0 Å². The molecule has 0 aliphatic rings. The van der Waals surface area contributed by atoms with Gasteiger partial charge in [-0.05, 0) is 50.4 Å². The Morgan fingerprint density at radius 3 is 1.06 bits per heavy atom. The van der Waals surface area contributed by atoms with Gasteiger partial charge in [0.2, 0.25) is 0 Å². The van der Waals surface area contributed by atoms with E-state index >= 15 is 0 Å². The Kier molecular flexibility index (Phi) is 11.5. The van der Waals surface area contributed by atoms with Gasteiger partial charge in [0.25, 0.3) is 0 Å². The van der Waals surface area contributed by atoms with E-state index in [1.165, 1.54) is 64.2 Å². The summed E-state index contributed by atoms with van der Waals surface area (Å²) in [6.45, 7) is 9.18. The van der Waals surface area contributed by atoms with E-state index in [-0.39, 0.29) is 0 Å². The van der Waals surface area contributed by atoms with Gasteiger partial charge >= 0.3 is 0 Å². The fourth-order valence-corrected chi connectivity index (χ4v) is 2.31. The lowest BCUT2D eigenvalue weighted by molar-refractivity contribution is 0.567. The van der Waals surface area contributed by atoms with Crippen molar-refractivity contribution in [3.63, 3.8) is 0 Å². The second kappa shape index (κ2) is 11.5. The molecule has 2 radical (unpaired) electrons. The second-order valence-corrected chi connectivity index (χ2v) is 4.83. The molecule has 0 fully saturated rings. The van der Waals surface area contributed by atoms with Gasteiger partial charge in [-0.2, -0.15) is 0 Å². The van der Waals surface area contributed by atoms with Crippen molar-refractivity contribution in [2.75, 3.05) is 0 Å². The molecule has 0 bridgehead atoms. The summed E-state index contributed by atoms with van der Waals surface area (Å²) >= 11 is 0. The maximum atomic E-state index is 2.29. The summed E-state index contributed by atoms with van der Waals surface area (Å²) in [5.74, 6) is 3.52. The molecular formula is C16H32. The molecule has 0 aliphatic heterocycles. The lowest BCUT2D eigenvalue weighted by Gasteiger charge is -2.12. The average molecular weight is 224 g/mol. The minimum Gasteiger partial charge on any atom is -0.0648 e. The van der Waals surface area contributed by atoms with Crippen LogP contribution >= 0.6 is 0 Å². The van der Waals surface area contributed by atoms with Crippen molar-refractivity contribution < 1.29 is 0 Å². The standard InChI is InChI=1S/C16H32/c1-5-15(6-2)13-11-9-10-12-14-16(7-3)8-4/h5-14H2,1-4H3. The van der Waals surface area contributed by atoms with Crippen LogP contribution in [0.25, 0.3) is 0 Å². The molecule has 0 unspecified atom stereocenters. The van der Waals surface area contributed by atoms with E-state index < -0.39 is 0 Å². The highest BCUT2D eigenvalue weighted by molar-refractivity contribution is 4.87. The molecule has 96 valence electrons. The maximum absolute atomic E-state index is 2.29. The Bertz CT molecular complexity index is 104. The summed E-state index contributed by atoms with van der Waals surface area (Å²) < 4.78 is 0. The van der Waals surface area contributed by atoms with Gasteiger partial charge in [-0.15, -0.1) is 0 Å². The third kappa shape index (κ3) is 8.19. The summed E-state index contributed by atoms with van der Waals surface area (Å²) in [5, 5.41) is 0. The van der Waals surface area contributed by atoms with Crippen molar-refractivity contribution in [3.05, 3.63) is 11.8 Å². The van der Waals surface area contributed by atoms with Crippen LogP contribution in [-0.2, 0) is 0 Å². The third-order valence-electron chi connectivity index (χ3n) is 3.81. The fraction of sp³-hybridized carbons (Fsp3) is 0.875. The van der Waals surface area contributed by atoms with Gasteiger partial charge in [0.1, 0.15) is 0 Å². The van der Waals surface area contributed by atoms with Gasteiger partial charge in [-0.25, -0.2) is 0 Å². The third-order valence-corrected chi connectivity index (χ3v) is 3.81. The van der Waals surface area contributed by atoms with Gasteiger partial charge in [0.05, 0.1) is 0 Å². The van der Waals surface area contributed by atoms with E-state index in [4.69, 9.17) is 0 Å². The van der Waals surface area contributed by atoms with Crippen LogP contribution < -0.4 is 0 Å². The smallest absolute Gasteiger partial charge is 0.0246 e. The zero-order valence-corrected chi connectivity index (χ0v) is 12.1. The molecule has 0 saturated carbocycles. The van der Waals surface area contributed by atoms with Gasteiger partial charge in [0, 0.05) is 0 Å². The molecule has 0 atom stereocenters. The average Bonchev–Trinajstić information content (AvgIpc) is 2.33. The number of rotatable bonds is 11. The molecule has 0 heteroatoms. The summed E-state index contributed by atoms with van der Waals surface area (Å²) in [6, 6.07) is 0. The zero-order chi connectivity index (χ0) is 12.2. The summed E-state index contributed by atoms with van der Waals surface area (Å²) in [4.78, 5) is 0. The first-order valence-corrected chi connectivity index (χ1v) is 7.45. The molecule has 0 amide bonds. The van der Waals surface area contributed by atoms with E-state index in [0.29, 0.717) is 0 Å². The Labute approximate surface area is 104 Å². The molecule has 0 N–H and O–H groups in total. The Balaban J connectivity index is 3.26. The van der Waals surface area contributed by atoms with Crippen LogP contribution in [0.3, 0.4) is 0 Å². The first-order chi connectivity index (χ1) is 7.78. The van der Waals surface area contributed by atoms with Crippen LogP contribution in [0, 0.1) is 11.8 Å². The van der Waals surface area contributed by atoms with E-state index in [2.05, 4.69) is 27.7 Å². The Morgan fingerprint density at radius 1 is 0.500 bits per heavy atom. The van der Waals surface area contributed by atoms with Crippen LogP contribution in [0.1, 0.15) is 91.9 Å². The predicted octanol–water partition coefficient (Wildman–Crippen LogP) is 6.12. The lowest BCUT2D eigenvalue weighted by atomic mass is 9.93. The minimum absolute atomic E-state index is 1.29. The molecule has 0 nitrogen and oxygen atoms in total. The van der Waals surface area contributed by atoms with Crippen molar-refractivity contribution >= 4 is 0 Å². The summed E-state index contributed by atoms with van der Waals surface area (Å²) in [6.07, 6.45) is 13.6. The van der Waals surface area contributed by atoms with Gasteiger partial charge < -0.3 is 0 Å². The van der Waals surface area contributed by atoms with Crippen LogP contribution in [0.5, 0.6) is 0 Å². The lowest BCUT2D eigenvalue weighted by Crippen LogP contribution is -1.95. The normalized spacial score (nSPS) is 11.6. The summed E-state index contributed by atoms with van der Waals surface area (Å²) in [5.41, 5.74) is 0. The topological polar surface area (TPSA) is 0 Å². The number of hydrogen-bond acceptors (Lipinski definition) is 0. The highest BCUT2D eigenvalue weighted by Crippen LogP contribution is 2.22.